The van der Waals surface area contributed by atoms with Gasteiger partial charge >= 0.3 is 6.03 Å². The van der Waals surface area contributed by atoms with Crippen molar-refractivity contribution in [3.8, 4) is 5.75 Å². The van der Waals surface area contributed by atoms with E-state index in [0.717, 1.165) is 5.56 Å². The highest BCUT2D eigenvalue weighted by Gasteiger charge is 2.16. The van der Waals surface area contributed by atoms with Gasteiger partial charge in [-0.25, -0.2) is 13.2 Å². The van der Waals surface area contributed by atoms with Crippen LogP contribution < -0.4 is 15.4 Å². The second-order valence-corrected chi connectivity index (χ2v) is 8.29. The predicted octanol–water partition coefficient (Wildman–Crippen LogP) is 3.39. The van der Waals surface area contributed by atoms with Gasteiger partial charge in [0.15, 0.2) is 9.84 Å². The van der Waals surface area contributed by atoms with Crippen molar-refractivity contribution in [3.05, 3.63) is 84.2 Å². The fourth-order valence-corrected chi connectivity index (χ4v) is 4.01. The van der Waals surface area contributed by atoms with Gasteiger partial charge in [0.05, 0.1) is 17.8 Å². The summed E-state index contributed by atoms with van der Waals surface area (Å²) in [6, 6.07) is 16.3. The van der Waals surface area contributed by atoms with E-state index >= 15 is 0 Å². The van der Waals surface area contributed by atoms with E-state index < -0.39 is 9.84 Å². The molecule has 0 fully saturated rings. The summed E-state index contributed by atoms with van der Waals surface area (Å²) in [6.07, 6.45) is 3.33. The Morgan fingerprint density at radius 1 is 1.03 bits per heavy atom. The average molecular weight is 411 g/mol. The molecule has 3 rings (SSSR count). The van der Waals surface area contributed by atoms with Gasteiger partial charge in [-0.1, -0.05) is 18.2 Å². The maximum absolute atomic E-state index is 12.6. The molecule has 0 unspecified atom stereocenters. The molecule has 2 aromatic carbocycles. The lowest BCUT2D eigenvalue weighted by Gasteiger charge is -2.09. The van der Waals surface area contributed by atoms with Gasteiger partial charge < -0.3 is 15.4 Å². The summed E-state index contributed by atoms with van der Waals surface area (Å²) < 4.78 is 30.4. The molecule has 0 saturated carbocycles. The Morgan fingerprint density at radius 2 is 1.79 bits per heavy atom. The molecule has 0 bridgehead atoms. The molecule has 7 nitrogen and oxygen atoms in total. The Hall–Kier alpha value is -3.39. The van der Waals surface area contributed by atoms with Crippen LogP contribution in [0.5, 0.6) is 5.75 Å². The molecule has 0 atom stereocenters. The lowest BCUT2D eigenvalue weighted by atomic mass is 10.2. The lowest BCUT2D eigenvalue weighted by Crippen LogP contribution is -2.28. The van der Waals surface area contributed by atoms with Crippen molar-refractivity contribution in [2.24, 2.45) is 0 Å². The molecule has 0 spiro atoms. The zero-order valence-corrected chi connectivity index (χ0v) is 16.6. The minimum Gasteiger partial charge on any atom is -0.497 e. The highest BCUT2D eigenvalue weighted by Crippen LogP contribution is 2.21. The van der Waals surface area contributed by atoms with Crippen LogP contribution in [0, 0.1) is 0 Å². The molecule has 150 valence electrons. The fraction of sp³-hybridized carbons (Fsp3) is 0.143. The van der Waals surface area contributed by atoms with Gasteiger partial charge in [-0.2, -0.15) is 0 Å². The van der Waals surface area contributed by atoms with Crippen molar-refractivity contribution in [1.29, 1.82) is 0 Å². The van der Waals surface area contributed by atoms with Crippen LogP contribution in [0.1, 0.15) is 11.1 Å². The average Bonchev–Trinajstić information content (AvgIpc) is 2.73. The lowest BCUT2D eigenvalue weighted by molar-refractivity contribution is 0.251. The highest BCUT2D eigenvalue weighted by atomic mass is 32.2. The molecule has 1 aromatic heterocycles. The van der Waals surface area contributed by atoms with Crippen molar-refractivity contribution in [1.82, 2.24) is 10.3 Å². The number of carbonyl (C=O) groups excluding carboxylic acids is 1. The zero-order valence-electron chi connectivity index (χ0n) is 15.8. The van der Waals surface area contributed by atoms with Crippen molar-refractivity contribution >= 4 is 21.6 Å². The van der Waals surface area contributed by atoms with Crippen LogP contribution in [0.2, 0.25) is 0 Å². The maximum atomic E-state index is 12.6. The van der Waals surface area contributed by atoms with Gasteiger partial charge in [0, 0.05) is 24.6 Å². The Labute approximate surface area is 169 Å². The van der Waals surface area contributed by atoms with Gasteiger partial charge in [0.2, 0.25) is 0 Å². The van der Waals surface area contributed by atoms with E-state index in [-0.39, 0.29) is 16.7 Å². The van der Waals surface area contributed by atoms with E-state index in [2.05, 4.69) is 15.6 Å². The third-order valence-corrected chi connectivity index (χ3v) is 5.84. The Kier molecular flexibility index (Phi) is 6.46. The van der Waals surface area contributed by atoms with E-state index in [4.69, 9.17) is 4.74 Å². The van der Waals surface area contributed by atoms with Crippen LogP contribution in [-0.4, -0.2) is 26.5 Å². The topological polar surface area (TPSA) is 97.4 Å². The number of aromatic nitrogens is 1. The van der Waals surface area contributed by atoms with Crippen LogP contribution in [0.15, 0.2) is 78.0 Å². The standard InChI is InChI=1S/C21H21N3O4S/c1-28-19-6-2-4-16(12-19)15-29(26,27)20-9-7-18(8-10-20)24-21(25)23-14-17-5-3-11-22-13-17/h2-13H,14-15H2,1H3,(H2,23,24,25). The normalized spacial score (nSPS) is 10.9. The second-order valence-electron chi connectivity index (χ2n) is 6.30. The molecule has 29 heavy (non-hydrogen) atoms. The van der Waals surface area contributed by atoms with Gasteiger partial charge in [0.25, 0.3) is 0 Å². The summed E-state index contributed by atoms with van der Waals surface area (Å²) in [5.41, 5.74) is 2.01. The molecule has 2 amide bonds. The molecule has 8 heteroatoms. The number of carbonyl (C=O) groups is 1. The van der Waals surface area contributed by atoms with E-state index in [0.29, 0.717) is 23.5 Å². The van der Waals surface area contributed by atoms with Gasteiger partial charge in [0.1, 0.15) is 5.75 Å². The number of nitrogens with one attached hydrogen (secondary N) is 2. The van der Waals surface area contributed by atoms with Crippen LogP contribution in [0.3, 0.4) is 0 Å². The van der Waals surface area contributed by atoms with Gasteiger partial charge in [-0.15, -0.1) is 0 Å². The van der Waals surface area contributed by atoms with Gasteiger partial charge in [-0.05, 0) is 53.6 Å². The van der Waals surface area contributed by atoms with Crippen LogP contribution in [-0.2, 0) is 22.1 Å². The summed E-state index contributed by atoms with van der Waals surface area (Å²) in [5, 5.41) is 5.39. The molecular formula is C21H21N3O4S. The molecule has 0 radical (unpaired) electrons. The smallest absolute Gasteiger partial charge is 0.319 e. The highest BCUT2D eigenvalue weighted by molar-refractivity contribution is 7.90. The third kappa shape index (κ3) is 5.79. The summed E-state index contributed by atoms with van der Waals surface area (Å²) in [7, 11) is -1.99. The van der Waals surface area contributed by atoms with Crippen molar-refractivity contribution in [2.45, 2.75) is 17.2 Å². The van der Waals surface area contributed by atoms with E-state index in [9.17, 15) is 13.2 Å². The first kappa shape index (κ1) is 20.3. The molecule has 0 aliphatic rings. The van der Waals surface area contributed by atoms with E-state index in [1.54, 1.807) is 54.9 Å². The number of pyridine rings is 1. The van der Waals surface area contributed by atoms with Crippen molar-refractivity contribution in [2.75, 3.05) is 12.4 Å². The number of amides is 2. The Balaban J connectivity index is 1.60. The minimum absolute atomic E-state index is 0.136. The molecule has 0 aliphatic heterocycles. The van der Waals surface area contributed by atoms with Crippen LogP contribution in [0.4, 0.5) is 10.5 Å². The fourth-order valence-electron chi connectivity index (χ4n) is 2.67. The second kappa shape index (κ2) is 9.20. The number of hydrogen-bond donors (Lipinski definition) is 2. The van der Waals surface area contributed by atoms with E-state index in [1.165, 1.54) is 19.2 Å². The third-order valence-electron chi connectivity index (χ3n) is 4.14. The Morgan fingerprint density at radius 3 is 2.48 bits per heavy atom. The van der Waals surface area contributed by atoms with Crippen LogP contribution in [0.25, 0.3) is 0 Å². The summed E-state index contributed by atoms with van der Waals surface area (Å²) in [6.45, 7) is 0.340. The number of benzene rings is 2. The molecule has 0 saturated heterocycles. The van der Waals surface area contributed by atoms with Crippen molar-refractivity contribution in [3.63, 3.8) is 0 Å². The number of urea groups is 1. The number of nitrogens with zero attached hydrogens (tertiary/aromatic N) is 1. The minimum atomic E-state index is -3.52. The summed E-state index contributed by atoms with van der Waals surface area (Å²) in [4.78, 5) is 16.2. The first-order chi connectivity index (χ1) is 14.0. The number of methoxy groups -OCH3 is 1. The van der Waals surface area contributed by atoms with Crippen LogP contribution >= 0.6 is 0 Å². The summed E-state index contributed by atoms with van der Waals surface area (Å²) in [5.74, 6) is 0.470. The first-order valence-electron chi connectivity index (χ1n) is 8.86. The van der Waals surface area contributed by atoms with Crippen molar-refractivity contribution < 1.29 is 17.9 Å². The predicted molar refractivity (Wildman–Crippen MR) is 110 cm³/mol. The quantitative estimate of drug-likeness (QED) is 0.621. The van der Waals surface area contributed by atoms with E-state index in [1.807, 2.05) is 6.07 Å². The first-order valence-corrected chi connectivity index (χ1v) is 10.5. The Bertz CT molecular complexity index is 1070. The largest absolute Gasteiger partial charge is 0.497 e. The molecule has 2 N–H and O–H groups in total. The van der Waals surface area contributed by atoms with Gasteiger partial charge in [-0.3, -0.25) is 4.98 Å². The summed E-state index contributed by atoms with van der Waals surface area (Å²) >= 11 is 0. The molecular weight excluding hydrogens is 390 g/mol. The molecule has 0 aliphatic carbocycles. The number of rotatable bonds is 7. The molecule has 1 heterocycles. The SMILES string of the molecule is COc1cccc(CS(=O)(=O)c2ccc(NC(=O)NCc3cccnc3)cc2)c1. The monoisotopic (exact) mass is 411 g/mol. The number of hydrogen-bond acceptors (Lipinski definition) is 5. The number of ether oxygens (including phenoxy) is 1. The number of anilines is 1. The zero-order chi connectivity index (χ0) is 20.7. The number of sulfone groups is 1. The maximum Gasteiger partial charge on any atom is 0.319 e. The molecule has 3 aromatic rings.